The molecule has 1 saturated heterocycles. The SMILES string of the molecule is CC1CC1(CCl)C[C@H]1CCCO1. The summed E-state index contributed by atoms with van der Waals surface area (Å²) in [7, 11) is 0. The van der Waals surface area contributed by atoms with Crippen molar-refractivity contribution in [3.05, 3.63) is 0 Å². The first kappa shape index (κ1) is 8.83. The van der Waals surface area contributed by atoms with Gasteiger partial charge in [0.25, 0.3) is 0 Å². The second kappa shape index (κ2) is 3.19. The van der Waals surface area contributed by atoms with E-state index in [4.69, 9.17) is 16.3 Å². The van der Waals surface area contributed by atoms with Crippen molar-refractivity contribution < 1.29 is 4.74 Å². The maximum atomic E-state index is 5.97. The molecule has 1 heterocycles. The van der Waals surface area contributed by atoms with Crippen molar-refractivity contribution in [2.24, 2.45) is 11.3 Å². The molecular formula is C10H17ClO. The van der Waals surface area contributed by atoms with Gasteiger partial charge in [-0.05, 0) is 37.0 Å². The molecule has 0 aromatic rings. The van der Waals surface area contributed by atoms with Crippen LogP contribution in [0.4, 0.5) is 0 Å². The van der Waals surface area contributed by atoms with Crippen LogP contribution >= 0.6 is 11.6 Å². The van der Waals surface area contributed by atoms with Gasteiger partial charge in [-0.15, -0.1) is 11.6 Å². The zero-order valence-corrected chi connectivity index (χ0v) is 8.44. The number of hydrogen-bond donors (Lipinski definition) is 0. The van der Waals surface area contributed by atoms with E-state index in [9.17, 15) is 0 Å². The van der Waals surface area contributed by atoms with Crippen molar-refractivity contribution in [2.45, 2.75) is 38.7 Å². The topological polar surface area (TPSA) is 9.23 Å². The highest BCUT2D eigenvalue weighted by molar-refractivity contribution is 6.18. The quantitative estimate of drug-likeness (QED) is 0.619. The fraction of sp³-hybridized carbons (Fsp3) is 1.00. The van der Waals surface area contributed by atoms with E-state index in [1.807, 2.05) is 0 Å². The molecule has 0 radical (unpaired) electrons. The molecule has 0 aromatic carbocycles. The molecule has 1 aliphatic heterocycles. The average Bonchev–Trinajstić information content (AvgIpc) is 2.51. The minimum atomic E-state index is 0.455. The lowest BCUT2D eigenvalue weighted by molar-refractivity contribution is 0.0866. The molecule has 2 aliphatic rings. The van der Waals surface area contributed by atoms with Gasteiger partial charge in [0.15, 0.2) is 0 Å². The Bertz CT molecular complexity index is 161. The highest BCUT2D eigenvalue weighted by Crippen LogP contribution is 2.57. The molecular weight excluding hydrogens is 172 g/mol. The molecule has 3 atom stereocenters. The molecule has 1 aliphatic carbocycles. The molecule has 0 aromatic heterocycles. The van der Waals surface area contributed by atoms with Crippen LogP contribution in [0.3, 0.4) is 0 Å². The molecule has 1 nitrogen and oxygen atoms in total. The summed E-state index contributed by atoms with van der Waals surface area (Å²) in [5.41, 5.74) is 0.455. The van der Waals surface area contributed by atoms with Crippen molar-refractivity contribution in [1.82, 2.24) is 0 Å². The van der Waals surface area contributed by atoms with Crippen molar-refractivity contribution in [1.29, 1.82) is 0 Å². The van der Waals surface area contributed by atoms with Crippen LogP contribution in [0.25, 0.3) is 0 Å². The first-order chi connectivity index (χ1) is 5.77. The number of ether oxygens (including phenoxy) is 1. The summed E-state index contributed by atoms with van der Waals surface area (Å²) in [5.74, 6) is 1.66. The fourth-order valence-electron chi connectivity index (χ4n) is 2.33. The second-order valence-corrected chi connectivity index (χ2v) is 4.71. The Labute approximate surface area is 79.4 Å². The van der Waals surface area contributed by atoms with E-state index in [0.717, 1.165) is 18.4 Å². The van der Waals surface area contributed by atoms with E-state index >= 15 is 0 Å². The summed E-state index contributed by atoms with van der Waals surface area (Å²) in [5, 5.41) is 0. The van der Waals surface area contributed by atoms with Crippen LogP contribution in [0.1, 0.15) is 32.6 Å². The first-order valence-corrected chi connectivity index (χ1v) is 5.48. The van der Waals surface area contributed by atoms with E-state index in [0.29, 0.717) is 11.5 Å². The van der Waals surface area contributed by atoms with Crippen LogP contribution in [0.15, 0.2) is 0 Å². The smallest absolute Gasteiger partial charge is 0.0581 e. The average molecular weight is 189 g/mol. The lowest BCUT2D eigenvalue weighted by Gasteiger charge is -2.17. The lowest BCUT2D eigenvalue weighted by Crippen LogP contribution is -2.16. The van der Waals surface area contributed by atoms with E-state index in [1.54, 1.807) is 0 Å². The van der Waals surface area contributed by atoms with Crippen LogP contribution < -0.4 is 0 Å². The Hall–Kier alpha value is 0.250. The fourth-order valence-corrected chi connectivity index (χ4v) is 2.82. The van der Waals surface area contributed by atoms with Crippen molar-refractivity contribution in [2.75, 3.05) is 12.5 Å². The van der Waals surface area contributed by atoms with Crippen molar-refractivity contribution >= 4 is 11.6 Å². The molecule has 0 N–H and O–H groups in total. The third kappa shape index (κ3) is 1.49. The maximum absolute atomic E-state index is 5.97. The molecule has 12 heavy (non-hydrogen) atoms. The van der Waals surface area contributed by atoms with Gasteiger partial charge in [0.2, 0.25) is 0 Å². The predicted molar refractivity (Wildman–Crippen MR) is 50.5 cm³/mol. The first-order valence-electron chi connectivity index (χ1n) is 4.94. The lowest BCUT2D eigenvalue weighted by atomic mass is 9.97. The van der Waals surface area contributed by atoms with Gasteiger partial charge in [-0.25, -0.2) is 0 Å². The van der Waals surface area contributed by atoms with Gasteiger partial charge < -0.3 is 4.74 Å². The number of rotatable bonds is 3. The normalized spacial score (nSPS) is 46.5. The van der Waals surface area contributed by atoms with Gasteiger partial charge in [0.1, 0.15) is 0 Å². The number of alkyl halides is 1. The third-order valence-electron chi connectivity index (χ3n) is 3.52. The van der Waals surface area contributed by atoms with Gasteiger partial charge in [-0.2, -0.15) is 0 Å². The molecule has 70 valence electrons. The Balaban J connectivity index is 1.85. The summed E-state index contributed by atoms with van der Waals surface area (Å²) in [4.78, 5) is 0. The summed E-state index contributed by atoms with van der Waals surface area (Å²) in [6.07, 6.45) is 5.55. The molecule has 1 saturated carbocycles. The van der Waals surface area contributed by atoms with Crippen LogP contribution in [-0.2, 0) is 4.74 Å². The standard InChI is InChI=1S/C10H17ClO/c1-8-5-10(8,7-11)6-9-3-2-4-12-9/h8-9H,2-7H2,1H3/t8?,9-,10?/m1/s1. The monoisotopic (exact) mass is 188 g/mol. The van der Waals surface area contributed by atoms with Crippen molar-refractivity contribution in [3.63, 3.8) is 0 Å². The Morgan fingerprint density at radius 1 is 1.58 bits per heavy atom. The van der Waals surface area contributed by atoms with Crippen LogP contribution in [0.2, 0.25) is 0 Å². The summed E-state index contributed by atoms with van der Waals surface area (Å²) in [6.45, 7) is 3.27. The number of hydrogen-bond acceptors (Lipinski definition) is 1. The third-order valence-corrected chi connectivity index (χ3v) is 4.05. The van der Waals surface area contributed by atoms with E-state index in [2.05, 4.69) is 6.92 Å². The van der Waals surface area contributed by atoms with Crippen LogP contribution in [-0.4, -0.2) is 18.6 Å². The zero-order chi connectivity index (χ0) is 8.60. The highest BCUT2D eigenvalue weighted by Gasteiger charge is 2.51. The van der Waals surface area contributed by atoms with Gasteiger partial charge in [-0.3, -0.25) is 0 Å². The van der Waals surface area contributed by atoms with Crippen LogP contribution in [0.5, 0.6) is 0 Å². The molecule has 0 amide bonds. The number of halogens is 1. The predicted octanol–water partition coefficient (Wildman–Crippen LogP) is 2.82. The Kier molecular flexibility index (Phi) is 2.35. The Morgan fingerprint density at radius 2 is 2.33 bits per heavy atom. The minimum absolute atomic E-state index is 0.455. The molecule has 2 unspecified atom stereocenters. The van der Waals surface area contributed by atoms with E-state index in [1.165, 1.54) is 25.7 Å². The van der Waals surface area contributed by atoms with Crippen LogP contribution in [0, 0.1) is 11.3 Å². The zero-order valence-electron chi connectivity index (χ0n) is 7.68. The summed E-state index contributed by atoms with van der Waals surface area (Å²) >= 11 is 5.97. The Morgan fingerprint density at radius 3 is 2.75 bits per heavy atom. The van der Waals surface area contributed by atoms with Gasteiger partial charge in [0, 0.05) is 12.5 Å². The van der Waals surface area contributed by atoms with Crippen molar-refractivity contribution in [3.8, 4) is 0 Å². The summed E-state index contributed by atoms with van der Waals surface area (Å²) in [6, 6.07) is 0. The van der Waals surface area contributed by atoms with E-state index < -0.39 is 0 Å². The van der Waals surface area contributed by atoms with E-state index in [-0.39, 0.29) is 0 Å². The van der Waals surface area contributed by atoms with Gasteiger partial charge in [-0.1, -0.05) is 6.92 Å². The summed E-state index contributed by atoms with van der Waals surface area (Å²) < 4.78 is 5.62. The molecule has 2 fully saturated rings. The minimum Gasteiger partial charge on any atom is -0.378 e. The molecule has 0 spiro atoms. The van der Waals surface area contributed by atoms with Gasteiger partial charge in [0.05, 0.1) is 6.10 Å². The second-order valence-electron chi connectivity index (χ2n) is 4.44. The maximum Gasteiger partial charge on any atom is 0.0581 e. The molecule has 2 rings (SSSR count). The molecule has 2 heteroatoms. The largest absolute Gasteiger partial charge is 0.378 e. The van der Waals surface area contributed by atoms with Gasteiger partial charge >= 0.3 is 0 Å². The highest BCUT2D eigenvalue weighted by atomic mass is 35.5. The molecule has 0 bridgehead atoms.